The molecule has 1 aromatic rings. The van der Waals surface area contributed by atoms with Crippen LogP contribution in [-0.4, -0.2) is 42.1 Å². The molecule has 1 fully saturated rings. The van der Waals surface area contributed by atoms with E-state index in [4.69, 9.17) is 0 Å². The van der Waals surface area contributed by atoms with E-state index in [9.17, 15) is 0 Å². The van der Waals surface area contributed by atoms with Gasteiger partial charge in [-0.15, -0.1) is 11.3 Å². The number of aryl methyl sites for hydroxylation is 1. The van der Waals surface area contributed by atoms with Crippen LogP contribution in [0.5, 0.6) is 0 Å². The van der Waals surface area contributed by atoms with Gasteiger partial charge in [0.25, 0.3) is 0 Å². The standard InChI is InChI=1S/C13H23N3S/c1-10-9-17-13(15-10)5-7-16-6-4-12(14-3)8-11(16)2/h9,11-12,14H,4-8H2,1-3H3. The summed E-state index contributed by atoms with van der Waals surface area (Å²) in [5, 5.41) is 6.82. The largest absolute Gasteiger partial charge is 0.317 e. The molecule has 96 valence electrons. The number of likely N-dealkylation sites (tertiary alicyclic amines) is 1. The zero-order valence-electron chi connectivity index (χ0n) is 11.1. The van der Waals surface area contributed by atoms with Gasteiger partial charge in [-0.05, 0) is 40.3 Å². The molecule has 2 atom stereocenters. The summed E-state index contributed by atoms with van der Waals surface area (Å²) in [6, 6.07) is 1.41. The third kappa shape index (κ3) is 3.50. The Morgan fingerprint density at radius 1 is 1.59 bits per heavy atom. The third-order valence-electron chi connectivity index (χ3n) is 3.70. The maximum Gasteiger partial charge on any atom is 0.0940 e. The summed E-state index contributed by atoms with van der Waals surface area (Å²) in [6.07, 6.45) is 3.65. The molecule has 1 aromatic heterocycles. The molecule has 0 bridgehead atoms. The number of thiazole rings is 1. The summed E-state index contributed by atoms with van der Waals surface area (Å²) in [6.45, 7) is 6.79. The van der Waals surface area contributed by atoms with Crippen LogP contribution in [-0.2, 0) is 6.42 Å². The van der Waals surface area contributed by atoms with Gasteiger partial charge >= 0.3 is 0 Å². The molecule has 17 heavy (non-hydrogen) atoms. The highest BCUT2D eigenvalue weighted by atomic mass is 32.1. The molecular formula is C13H23N3S. The van der Waals surface area contributed by atoms with E-state index < -0.39 is 0 Å². The van der Waals surface area contributed by atoms with Crippen molar-refractivity contribution in [2.75, 3.05) is 20.1 Å². The Hall–Kier alpha value is -0.450. The van der Waals surface area contributed by atoms with E-state index in [-0.39, 0.29) is 0 Å². The molecule has 3 nitrogen and oxygen atoms in total. The Kier molecular flexibility index (Phi) is 4.54. The zero-order chi connectivity index (χ0) is 12.3. The number of hydrogen-bond acceptors (Lipinski definition) is 4. The van der Waals surface area contributed by atoms with Crippen molar-refractivity contribution in [3.05, 3.63) is 16.1 Å². The van der Waals surface area contributed by atoms with E-state index in [0.717, 1.165) is 18.7 Å². The van der Waals surface area contributed by atoms with E-state index in [1.807, 2.05) is 0 Å². The average Bonchev–Trinajstić information content (AvgIpc) is 2.73. The summed E-state index contributed by atoms with van der Waals surface area (Å²) in [5.41, 5.74) is 1.16. The second kappa shape index (κ2) is 5.94. The number of hydrogen-bond donors (Lipinski definition) is 1. The fourth-order valence-electron chi connectivity index (χ4n) is 2.57. The lowest BCUT2D eigenvalue weighted by molar-refractivity contribution is 0.140. The van der Waals surface area contributed by atoms with Crippen LogP contribution in [0.1, 0.15) is 30.5 Å². The zero-order valence-corrected chi connectivity index (χ0v) is 11.9. The van der Waals surface area contributed by atoms with E-state index in [1.54, 1.807) is 11.3 Å². The number of piperidine rings is 1. The summed E-state index contributed by atoms with van der Waals surface area (Å²) >= 11 is 1.79. The molecule has 4 heteroatoms. The van der Waals surface area contributed by atoms with Gasteiger partial charge in [0, 0.05) is 36.1 Å². The second-order valence-corrected chi connectivity index (χ2v) is 5.97. The monoisotopic (exact) mass is 253 g/mol. The summed E-state index contributed by atoms with van der Waals surface area (Å²) < 4.78 is 0. The van der Waals surface area contributed by atoms with Gasteiger partial charge < -0.3 is 10.2 Å². The lowest BCUT2D eigenvalue weighted by Gasteiger charge is -2.37. The van der Waals surface area contributed by atoms with Crippen molar-refractivity contribution >= 4 is 11.3 Å². The Labute approximate surface area is 108 Å². The fourth-order valence-corrected chi connectivity index (χ4v) is 3.34. The number of nitrogens with one attached hydrogen (secondary N) is 1. The van der Waals surface area contributed by atoms with Crippen LogP contribution in [0.15, 0.2) is 5.38 Å². The molecular weight excluding hydrogens is 230 g/mol. The van der Waals surface area contributed by atoms with Gasteiger partial charge in [0.1, 0.15) is 0 Å². The van der Waals surface area contributed by atoms with Crippen LogP contribution in [0, 0.1) is 6.92 Å². The molecule has 2 heterocycles. The molecule has 2 unspecified atom stereocenters. The second-order valence-electron chi connectivity index (χ2n) is 5.03. The van der Waals surface area contributed by atoms with Gasteiger partial charge in [-0.25, -0.2) is 4.98 Å². The van der Waals surface area contributed by atoms with Gasteiger partial charge in [-0.2, -0.15) is 0 Å². The quantitative estimate of drug-likeness (QED) is 0.890. The van der Waals surface area contributed by atoms with Crippen molar-refractivity contribution in [3.63, 3.8) is 0 Å². The highest BCUT2D eigenvalue weighted by molar-refractivity contribution is 7.09. The predicted octanol–water partition coefficient (Wildman–Crippen LogP) is 2.07. The topological polar surface area (TPSA) is 28.2 Å². The van der Waals surface area contributed by atoms with Gasteiger partial charge in [0.05, 0.1) is 5.01 Å². The first kappa shape index (κ1) is 13.0. The third-order valence-corrected chi connectivity index (χ3v) is 4.73. The molecule has 0 amide bonds. The smallest absolute Gasteiger partial charge is 0.0940 e. The van der Waals surface area contributed by atoms with E-state index >= 15 is 0 Å². The molecule has 1 aliphatic heterocycles. The van der Waals surface area contributed by atoms with Gasteiger partial charge in [-0.1, -0.05) is 0 Å². The van der Waals surface area contributed by atoms with Gasteiger partial charge in [0.15, 0.2) is 0 Å². The normalized spacial score (nSPS) is 26.3. The minimum absolute atomic E-state index is 0.697. The SMILES string of the molecule is CNC1CCN(CCc2nc(C)cs2)C(C)C1. The van der Waals surface area contributed by atoms with Crippen molar-refractivity contribution in [1.82, 2.24) is 15.2 Å². The van der Waals surface area contributed by atoms with Crippen molar-refractivity contribution in [2.45, 2.75) is 45.2 Å². The average molecular weight is 253 g/mol. The van der Waals surface area contributed by atoms with Crippen molar-refractivity contribution < 1.29 is 0 Å². The molecule has 1 aliphatic rings. The minimum atomic E-state index is 0.697. The van der Waals surface area contributed by atoms with Crippen LogP contribution in [0.2, 0.25) is 0 Å². The summed E-state index contributed by atoms with van der Waals surface area (Å²) in [7, 11) is 2.07. The lowest BCUT2D eigenvalue weighted by Crippen LogP contribution is -2.47. The minimum Gasteiger partial charge on any atom is -0.317 e. The van der Waals surface area contributed by atoms with Crippen molar-refractivity contribution in [2.24, 2.45) is 0 Å². The van der Waals surface area contributed by atoms with E-state index in [2.05, 4.69) is 41.5 Å². The molecule has 0 radical (unpaired) electrons. The Morgan fingerprint density at radius 2 is 2.41 bits per heavy atom. The molecule has 0 spiro atoms. The lowest BCUT2D eigenvalue weighted by atomic mass is 9.98. The van der Waals surface area contributed by atoms with Crippen LogP contribution < -0.4 is 5.32 Å². The van der Waals surface area contributed by atoms with Crippen LogP contribution in [0.4, 0.5) is 0 Å². The first-order valence-corrected chi connectivity index (χ1v) is 7.39. The first-order chi connectivity index (χ1) is 8.19. The fraction of sp³-hybridized carbons (Fsp3) is 0.769. The molecule has 0 aromatic carbocycles. The highest BCUT2D eigenvalue weighted by Gasteiger charge is 2.23. The maximum atomic E-state index is 4.53. The molecule has 0 saturated carbocycles. The molecule has 2 rings (SSSR count). The van der Waals surface area contributed by atoms with Crippen molar-refractivity contribution in [3.8, 4) is 0 Å². The Morgan fingerprint density at radius 3 is 3.00 bits per heavy atom. The summed E-state index contributed by atoms with van der Waals surface area (Å²) in [4.78, 5) is 7.13. The molecule has 0 aliphatic carbocycles. The van der Waals surface area contributed by atoms with Crippen molar-refractivity contribution in [1.29, 1.82) is 0 Å². The molecule has 1 saturated heterocycles. The van der Waals surface area contributed by atoms with E-state index in [0.29, 0.717) is 12.1 Å². The van der Waals surface area contributed by atoms with Crippen LogP contribution in [0.3, 0.4) is 0 Å². The molecule has 1 N–H and O–H groups in total. The Balaban J connectivity index is 1.80. The van der Waals surface area contributed by atoms with Gasteiger partial charge in [0.2, 0.25) is 0 Å². The first-order valence-electron chi connectivity index (χ1n) is 6.51. The number of rotatable bonds is 4. The number of nitrogens with zero attached hydrogens (tertiary/aromatic N) is 2. The van der Waals surface area contributed by atoms with Gasteiger partial charge in [-0.3, -0.25) is 0 Å². The van der Waals surface area contributed by atoms with Crippen LogP contribution in [0.25, 0.3) is 0 Å². The maximum absolute atomic E-state index is 4.53. The predicted molar refractivity (Wildman–Crippen MR) is 73.7 cm³/mol. The summed E-state index contributed by atoms with van der Waals surface area (Å²) in [5.74, 6) is 0. The number of aromatic nitrogens is 1. The van der Waals surface area contributed by atoms with E-state index in [1.165, 1.54) is 24.4 Å². The van der Waals surface area contributed by atoms with Crippen LogP contribution >= 0.6 is 11.3 Å². The Bertz CT molecular complexity index is 350. The highest BCUT2D eigenvalue weighted by Crippen LogP contribution is 2.18.